The average molecular weight is 189 g/mol. The molecule has 0 saturated heterocycles. The van der Waals surface area contributed by atoms with E-state index in [9.17, 15) is 13.2 Å². The zero-order valence-corrected chi connectivity index (χ0v) is 6.77. The maximum Gasteiger partial charge on any atom is 0.411 e. The number of benzene rings is 1. The molecule has 13 heavy (non-hydrogen) atoms. The zero-order chi connectivity index (χ0) is 9.73. The average Bonchev–Trinajstić information content (AvgIpc) is 2.04. The van der Waals surface area contributed by atoms with Crippen molar-refractivity contribution in [2.75, 3.05) is 6.61 Å². The maximum atomic E-state index is 11.6. The molecule has 1 nitrogen and oxygen atoms in total. The lowest BCUT2D eigenvalue weighted by atomic mass is 10.2. The molecular weight excluding hydrogens is 181 g/mol. The summed E-state index contributed by atoms with van der Waals surface area (Å²) in [7, 11) is 0. The SMILES string of the molecule is FC(F)(F)COCc1[c]cccc1. The lowest BCUT2D eigenvalue weighted by Gasteiger charge is -2.06. The molecule has 0 unspecified atom stereocenters. The first-order valence-corrected chi connectivity index (χ1v) is 3.68. The minimum atomic E-state index is -4.26. The highest BCUT2D eigenvalue weighted by Crippen LogP contribution is 2.15. The van der Waals surface area contributed by atoms with Crippen LogP contribution in [-0.2, 0) is 11.3 Å². The molecule has 0 aliphatic heterocycles. The summed E-state index contributed by atoms with van der Waals surface area (Å²) < 4.78 is 39.3. The van der Waals surface area contributed by atoms with Gasteiger partial charge in [0, 0.05) is 0 Å². The Hall–Kier alpha value is -1.03. The molecule has 0 fully saturated rings. The highest BCUT2D eigenvalue weighted by molar-refractivity contribution is 5.11. The molecule has 0 amide bonds. The van der Waals surface area contributed by atoms with Crippen molar-refractivity contribution in [1.82, 2.24) is 0 Å². The molecule has 0 saturated carbocycles. The molecule has 1 radical (unpaired) electrons. The summed E-state index contributed by atoms with van der Waals surface area (Å²) in [6.45, 7) is -1.27. The van der Waals surface area contributed by atoms with Crippen LogP contribution in [0.2, 0.25) is 0 Å². The van der Waals surface area contributed by atoms with Gasteiger partial charge in [0.25, 0.3) is 0 Å². The number of alkyl halides is 3. The first kappa shape index (κ1) is 10.1. The Kier molecular flexibility index (Phi) is 3.31. The van der Waals surface area contributed by atoms with Gasteiger partial charge in [-0.3, -0.25) is 0 Å². The van der Waals surface area contributed by atoms with Crippen molar-refractivity contribution < 1.29 is 17.9 Å². The highest BCUT2D eigenvalue weighted by Gasteiger charge is 2.27. The van der Waals surface area contributed by atoms with Gasteiger partial charge in [0.1, 0.15) is 6.61 Å². The van der Waals surface area contributed by atoms with Crippen molar-refractivity contribution >= 4 is 0 Å². The fourth-order valence-corrected chi connectivity index (χ4v) is 0.797. The Morgan fingerprint density at radius 1 is 1.31 bits per heavy atom. The molecule has 71 valence electrons. The van der Waals surface area contributed by atoms with Gasteiger partial charge in [-0.05, 0) is 11.6 Å². The van der Waals surface area contributed by atoms with E-state index in [0.29, 0.717) is 5.56 Å². The number of rotatable bonds is 3. The number of ether oxygens (including phenoxy) is 1. The van der Waals surface area contributed by atoms with Gasteiger partial charge in [-0.25, -0.2) is 0 Å². The number of halogens is 3. The Balaban J connectivity index is 2.29. The molecule has 1 aromatic carbocycles. The minimum absolute atomic E-state index is 0.0552. The Labute approximate surface area is 74.1 Å². The van der Waals surface area contributed by atoms with Crippen LogP contribution in [0.25, 0.3) is 0 Å². The van der Waals surface area contributed by atoms with Crippen LogP contribution in [0.4, 0.5) is 13.2 Å². The van der Waals surface area contributed by atoms with E-state index in [4.69, 9.17) is 0 Å². The molecule has 1 aromatic rings. The monoisotopic (exact) mass is 189 g/mol. The van der Waals surface area contributed by atoms with Crippen LogP contribution in [0.1, 0.15) is 5.56 Å². The van der Waals surface area contributed by atoms with E-state index < -0.39 is 12.8 Å². The molecule has 0 atom stereocenters. The summed E-state index contributed by atoms with van der Waals surface area (Å²) in [6.07, 6.45) is -4.26. The van der Waals surface area contributed by atoms with Crippen LogP contribution >= 0.6 is 0 Å². The first-order chi connectivity index (χ1) is 6.08. The van der Waals surface area contributed by atoms with Crippen molar-refractivity contribution in [3.05, 3.63) is 35.9 Å². The zero-order valence-electron chi connectivity index (χ0n) is 6.77. The van der Waals surface area contributed by atoms with Gasteiger partial charge in [0.15, 0.2) is 0 Å². The summed E-state index contributed by atoms with van der Waals surface area (Å²) >= 11 is 0. The van der Waals surface area contributed by atoms with Crippen LogP contribution in [-0.4, -0.2) is 12.8 Å². The normalized spacial score (nSPS) is 11.6. The van der Waals surface area contributed by atoms with E-state index in [0.717, 1.165) is 0 Å². The van der Waals surface area contributed by atoms with E-state index in [2.05, 4.69) is 10.8 Å². The predicted octanol–water partition coefficient (Wildman–Crippen LogP) is 2.57. The fourth-order valence-electron chi connectivity index (χ4n) is 0.797. The molecule has 0 bridgehead atoms. The second-order valence-corrected chi connectivity index (χ2v) is 2.50. The molecule has 0 aliphatic rings. The Bertz CT molecular complexity index is 243. The fraction of sp³-hybridized carbons (Fsp3) is 0.333. The van der Waals surface area contributed by atoms with Gasteiger partial charge in [0.2, 0.25) is 0 Å². The topological polar surface area (TPSA) is 9.23 Å². The summed E-state index contributed by atoms with van der Waals surface area (Å²) in [4.78, 5) is 0. The van der Waals surface area contributed by atoms with Gasteiger partial charge in [-0.15, -0.1) is 0 Å². The largest absolute Gasteiger partial charge is 0.411 e. The van der Waals surface area contributed by atoms with E-state index in [-0.39, 0.29) is 6.61 Å². The number of hydrogen-bond donors (Lipinski definition) is 0. The second kappa shape index (κ2) is 4.28. The molecule has 0 heterocycles. The van der Waals surface area contributed by atoms with Crippen LogP contribution in [0.15, 0.2) is 24.3 Å². The van der Waals surface area contributed by atoms with Crippen LogP contribution in [0.3, 0.4) is 0 Å². The van der Waals surface area contributed by atoms with Crippen LogP contribution < -0.4 is 0 Å². The van der Waals surface area contributed by atoms with Crippen molar-refractivity contribution in [2.45, 2.75) is 12.8 Å². The van der Waals surface area contributed by atoms with E-state index in [1.54, 1.807) is 24.3 Å². The van der Waals surface area contributed by atoms with E-state index in [1.165, 1.54) is 0 Å². The molecule has 1 rings (SSSR count). The second-order valence-electron chi connectivity index (χ2n) is 2.50. The van der Waals surface area contributed by atoms with Crippen molar-refractivity contribution in [3.8, 4) is 0 Å². The van der Waals surface area contributed by atoms with Gasteiger partial charge >= 0.3 is 6.18 Å². The van der Waals surface area contributed by atoms with Crippen LogP contribution in [0, 0.1) is 6.07 Å². The third-order valence-electron chi connectivity index (χ3n) is 1.30. The third kappa shape index (κ3) is 4.52. The maximum absolute atomic E-state index is 11.6. The van der Waals surface area contributed by atoms with Crippen molar-refractivity contribution in [3.63, 3.8) is 0 Å². The van der Waals surface area contributed by atoms with Crippen molar-refractivity contribution in [1.29, 1.82) is 0 Å². The predicted molar refractivity (Wildman–Crippen MR) is 41.0 cm³/mol. The molecule has 0 aromatic heterocycles. The lowest BCUT2D eigenvalue weighted by Crippen LogP contribution is -2.16. The standard InChI is InChI=1S/C9H8F3O/c10-9(11,12)7-13-6-8-4-2-1-3-5-8/h1-4H,6-7H2. The quantitative estimate of drug-likeness (QED) is 0.710. The molecule has 0 aliphatic carbocycles. The first-order valence-electron chi connectivity index (χ1n) is 3.68. The summed E-state index contributed by atoms with van der Waals surface area (Å²) in [6, 6.07) is 9.52. The molecular formula is C9H8F3O. The molecule has 0 spiro atoms. The van der Waals surface area contributed by atoms with E-state index >= 15 is 0 Å². The lowest BCUT2D eigenvalue weighted by molar-refractivity contribution is -0.176. The van der Waals surface area contributed by atoms with Gasteiger partial charge in [-0.1, -0.05) is 24.3 Å². The van der Waals surface area contributed by atoms with Crippen LogP contribution in [0.5, 0.6) is 0 Å². The highest BCUT2D eigenvalue weighted by atomic mass is 19.4. The smallest absolute Gasteiger partial charge is 0.367 e. The molecule has 0 N–H and O–H groups in total. The summed E-state index contributed by atoms with van der Waals surface area (Å²) in [5.41, 5.74) is 0.617. The summed E-state index contributed by atoms with van der Waals surface area (Å²) in [5, 5.41) is 0. The van der Waals surface area contributed by atoms with Gasteiger partial charge in [-0.2, -0.15) is 13.2 Å². The van der Waals surface area contributed by atoms with E-state index in [1.807, 2.05) is 0 Å². The number of hydrogen-bond acceptors (Lipinski definition) is 1. The Morgan fingerprint density at radius 3 is 2.62 bits per heavy atom. The Morgan fingerprint density at radius 2 is 2.08 bits per heavy atom. The third-order valence-corrected chi connectivity index (χ3v) is 1.30. The van der Waals surface area contributed by atoms with Gasteiger partial charge < -0.3 is 4.74 Å². The summed E-state index contributed by atoms with van der Waals surface area (Å²) in [5.74, 6) is 0. The molecule has 4 heteroatoms. The minimum Gasteiger partial charge on any atom is -0.367 e. The van der Waals surface area contributed by atoms with Gasteiger partial charge in [0.05, 0.1) is 6.61 Å². The van der Waals surface area contributed by atoms with Crippen molar-refractivity contribution in [2.24, 2.45) is 0 Å².